The van der Waals surface area contributed by atoms with E-state index in [9.17, 15) is 14.0 Å². The van der Waals surface area contributed by atoms with E-state index in [1.165, 1.54) is 12.1 Å². The predicted octanol–water partition coefficient (Wildman–Crippen LogP) is 5.11. The molecule has 2 aromatic carbocycles. The van der Waals surface area contributed by atoms with E-state index in [1.54, 1.807) is 37.5 Å². The number of rotatable bonds is 7. The van der Waals surface area contributed by atoms with Crippen LogP contribution in [0.4, 0.5) is 9.18 Å². The second kappa shape index (κ2) is 9.13. The van der Waals surface area contributed by atoms with Gasteiger partial charge in [-0.15, -0.1) is 0 Å². The zero-order valence-corrected chi connectivity index (χ0v) is 17.3. The van der Waals surface area contributed by atoms with Gasteiger partial charge in [0.05, 0.1) is 25.2 Å². The van der Waals surface area contributed by atoms with E-state index in [2.05, 4.69) is 13.8 Å². The third-order valence-electron chi connectivity index (χ3n) is 4.19. The van der Waals surface area contributed by atoms with Gasteiger partial charge < -0.3 is 9.47 Å². The van der Waals surface area contributed by atoms with Crippen LogP contribution >= 0.6 is 11.8 Å². The van der Waals surface area contributed by atoms with Crippen LogP contribution < -0.4 is 9.47 Å². The highest BCUT2D eigenvalue weighted by Crippen LogP contribution is 2.35. The SMILES string of the molecule is COc1cc(/C=C2\SC(=O)N(Cc3ccc(F)cc3)C2=O)ccc1OCC(C)C. The van der Waals surface area contributed by atoms with E-state index in [-0.39, 0.29) is 23.5 Å². The Balaban J connectivity index is 1.77. The molecule has 0 atom stereocenters. The maximum absolute atomic E-state index is 13.1. The lowest BCUT2D eigenvalue weighted by molar-refractivity contribution is -0.123. The van der Waals surface area contributed by atoms with Gasteiger partial charge in [-0.2, -0.15) is 0 Å². The Morgan fingerprint density at radius 2 is 1.83 bits per heavy atom. The summed E-state index contributed by atoms with van der Waals surface area (Å²) in [5.74, 6) is 0.834. The van der Waals surface area contributed by atoms with Gasteiger partial charge >= 0.3 is 0 Å². The summed E-state index contributed by atoms with van der Waals surface area (Å²) in [6.45, 7) is 4.79. The van der Waals surface area contributed by atoms with Crippen LogP contribution in [0.3, 0.4) is 0 Å². The third-order valence-corrected chi connectivity index (χ3v) is 5.09. The van der Waals surface area contributed by atoms with Crippen molar-refractivity contribution >= 4 is 29.0 Å². The molecule has 29 heavy (non-hydrogen) atoms. The zero-order chi connectivity index (χ0) is 21.0. The topological polar surface area (TPSA) is 55.8 Å². The number of methoxy groups -OCH3 is 1. The molecule has 1 aliphatic rings. The molecule has 2 amide bonds. The fraction of sp³-hybridized carbons (Fsp3) is 0.273. The van der Waals surface area contributed by atoms with Crippen molar-refractivity contribution in [2.45, 2.75) is 20.4 Å². The molecule has 0 unspecified atom stereocenters. The lowest BCUT2D eigenvalue weighted by Gasteiger charge is -2.13. The molecule has 0 bridgehead atoms. The van der Waals surface area contributed by atoms with E-state index in [4.69, 9.17) is 9.47 Å². The molecule has 1 aliphatic heterocycles. The number of halogens is 1. The van der Waals surface area contributed by atoms with Crippen LogP contribution in [-0.4, -0.2) is 29.8 Å². The number of thioether (sulfide) groups is 1. The van der Waals surface area contributed by atoms with Crippen LogP contribution in [0, 0.1) is 11.7 Å². The number of nitrogens with zero attached hydrogens (tertiary/aromatic N) is 1. The lowest BCUT2D eigenvalue weighted by atomic mass is 10.1. The van der Waals surface area contributed by atoms with Gasteiger partial charge in [-0.05, 0) is 59.1 Å². The van der Waals surface area contributed by atoms with Crippen molar-refractivity contribution in [3.8, 4) is 11.5 Å². The molecule has 0 N–H and O–H groups in total. The first kappa shape index (κ1) is 20.9. The molecule has 3 rings (SSSR count). The van der Waals surface area contributed by atoms with Crippen molar-refractivity contribution in [2.24, 2.45) is 5.92 Å². The molecule has 0 aromatic heterocycles. The Bertz CT molecular complexity index is 940. The second-order valence-electron chi connectivity index (χ2n) is 7.01. The van der Waals surface area contributed by atoms with Gasteiger partial charge in [0.15, 0.2) is 11.5 Å². The summed E-state index contributed by atoms with van der Waals surface area (Å²) >= 11 is 0.883. The number of hydrogen-bond donors (Lipinski definition) is 0. The van der Waals surface area contributed by atoms with Gasteiger partial charge in [0.1, 0.15) is 5.82 Å². The molecule has 2 aromatic rings. The molecular weight excluding hydrogens is 393 g/mol. The molecule has 0 radical (unpaired) electrons. The number of benzene rings is 2. The summed E-state index contributed by atoms with van der Waals surface area (Å²) in [6, 6.07) is 11.1. The maximum Gasteiger partial charge on any atom is 0.293 e. The molecule has 152 valence electrons. The Morgan fingerprint density at radius 3 is 2.48 bits per heavy atom. The van der Waals surface area contributed by atoms with Crippen LogP contribution in [0.2, 0.25) is 0 Å². The van der Waals surface area contributed by atoms with E-state index >= 15 is 0 Å². The predicted molar refractivity (Wildman–Crippen MR) is 111 cm³/mol. The highest BCUT2D eigenvalue weighted by Gasteiger charge is 2.35. The van der Waals surface area contributed by atoms with Crippen LogP contribution in [0.1, 0.15) is 25.0 Å². The normalized spacial score (nSPS) is 15.5. The van der Waals surface area contributed by atoms with Crippen molar-refractivity contribution in [3.63, 3.8) is 0 Å². The van der Waals surface area contributed by atoms with Gasteiger partial charge in [-0.1, -0.05) is 32.0 Å². The quantitative estimate of drug-likeness (QED) is 0.589. The Hall–Kier alpha value is -2.80. The first-order valence-corrected chi connectivity index (χ1v) is 9.99. The van der Waals surface area contributed by atoms with E-state index < -0.39 is 0 Å². The molecule has 0 aliphatic carbocycles. The number of carbonyl (C=O) groups excluding carboxylic acids is 2. The summed E-state index contributed by atoms with van der Waals surface area (Å²) < 4.78 is 24.2. The van der Waals surface area contributed by atoms with E-state index in [0.29, 0.717) is 34.5 Å². The van der Waals surface area contributed by atoms with Gasteiger partial charge in [0.2, 0.25) is 0 Å². The first-order chi connectivity index (χ1) is 13.9. The summed E-state index contributed by atoms with van der Waals surface area (Å²) in [6.07, 6.45) is 1.66. The fourth-order valence-electron chi connectivity index (χ4n) is 2.71. The fourth-order valence-corrected chi connectivity index (χ4v) is 3.55. The largest absolute Gasteiger partial charge is 0.493 e. The van der Waals surface area contributed by atoms with Crippen molar-refractivity contribution in [2.75, 3.05) is 13.7 Å². The minimum Gasteiger partial charge on any atom is -0.493 e. The van der Waals surface area contributed by atoms with Gasteiger partial charge in [0, 0.05) is 0 Å². The zero-order valence-electron chi connectivity index (χ0n) is 16.5. The molecule has 0 spiro atoms. The summed E-state index contributed by atoms with van der Waals surface area (Å²) in [5.41, 5.74) is 1.41. The van der Waals surface area contributed by atoms with Crippen LogP contribution in [0.15, 0.2) is 47.4 Å². The summed E-state index contributed by atoms with van der Waals surface area (Å²) in [5, 5.41) is -0.352. The molecule has 1 fully saturated rings. The average Bonchev–Trinajstić information content (AvgIpc) is 2.95. The minimum absolute atomic E-state index is 0.105. The van der Waals surface area contributed by atoms with Crippen molar-refractivity contribution in [1.29, 1.82) is 0 Å². The second-order valence-corrected chi connectivity index (χ2v) is 8.00. The highest BCUT2D eigenvalue weighted by atomic mass is 32.2. The number of hydrogen-bond acceptors (Lipinski definition) is 5. The summed E-state index contributed by atoms with van der Waals surface area (Å²) in [4.78, 5) is 26.5. The summed E-state index contributed by atoms with van der Waals surface area (Å²) in [7, 11) is 1.55. The maximum atomic E-state index is 13.1. The molecule has 1 heterocycles. The minimum atomic E-state index is -0.372. The van der Waals surface area contributed by atoms with Crippen LogP contribution in [-0.2, 0) is 11.3 Å². The van der Waals surface area contributed by atoms with Gasteiger partial charge in [-0.3, -0.25) is 14.5 Å². The average molecular weight is 415 g/mol. The molecule has 0 saturated carbocycles. The molecular formula is C22H22FNO4S. The molecule has 7 heteroatoms. The van der Waals surface area contributed by atoms with Crippen LogP contribution in [0.25, 0.3) is 6.08 Å². The van der Waals surface area contributed by atoms with E-state index in [1.807, 2.05) is 6.07 Å². The monoisotopic (exact) mass is 415 g/mol. The standard InChI is InChI=1S/C22H22FNO4S/c1-14(2)13-28-18-9-6-16(10-19(18)27-3)11-20-21(25)24(22(26)29-20)12-15-4-7-17(23)8-5-15/h4-11,14H,12-13H2,1-3H3/b20-11-. The number of ether oxygens (including phenoxy) is 2. The Morgan fingerprint density at radius 1 is 1.10 bits per heavy atom. The molecule has 5 nitrogen and oxygen atoms in total. The number of carbonyl (C=O) groups is 2. The van der Waals surface area contributed by atoms with Crippen molar-refractivity contribution < 1.29 is 23.5 Å². The Labute approximate surface area is 173 Å². The number of amides is 2. The van der Waals surface area contributed by atoms with Gasteiger partial charge in [-0.25, -0.2) is 4.39 Å². The lowest BCUT2D eigenvalue weighted by Crippen LogP contribution is -2.27. The number of imide groups is 1. The van der Waals surface area contributed by atoms with E-state index in [0.717, 1.165) is 22.2 Å². The van der Waals surface area contributed by atoms with Crippen LogP contribution in [0.5, 0.6) is 11.5 Å². The van der Waals surface area contributed by atoms with Gasteiger partial charge in [0.25, 0.3) is 11.1 Å². The molecule has 1 saturated heterocycles. The highest BCUT2D eigenvalue weighted by molar-refractivity contribution is 8.18. The smallest absolute Gasteiger partial charge is 0.293 e. The van der Waals surface area contributed by atoms with Crippen molar-refractivity contribution in [3.05, 3.63) is 64.3 Å². The first-order valence-electron chi connectivity index (χ1n) is 9.18. The van der Waals surface area contributed by atoms with Crippen molar-refractivity contribution in [1.82, 2.24) is 4.90 Å². The Kier molecular flexibility index (Phi) is 6.59. The third kappa shape index (κ3) is 5.17.